The monoisotopic (exact) mass is 270 g/mol. The van der Waals surface area contributed by atoms with E-state index in [1.807, 2.05) is 20.8 Å². The molecule has 2 N–H and O–H groups in total. The molecule has 4 heteroatoms. The molecule has 1 saturated carbocycles. The SMILES string of the molecule is CC1CC(NCC(NC(=O)OC(C)(C)C)C(C)C)C1. The van der Waals surface area contributed by atoms with Gasteiger partial charge in [0.15, 0.2) is 0 Å². The molecule has 0 spiro atoms. The lowest BCUT2D eigenvalue weighted by Gasteiger charge is -2.35. The predicted octanol–water partition coefficient (Wildman–Crippen LogP) is 2.92. The first-order valence-electron chi connectivity index (χ1n) is 7.40. The second kappa shape index (κ2) is 6.60. The van der Waals surface area contributed by atoms with Gasteiger partial charge in [-0.25, -0.2) is 4.79 Å². The maximum Gasteiger partial charge on any atom is 0.407 e. The highest BCUT2D eigenvalue weighted by atomic mass is 16.6. The van der Waals surface area contributed by atoms with Crippen LogP contribution in [0.4, 0.5) is 4.79 Å². The van der Waals surface area contributed by atoms with Crippen molar-refractivity contribution in [2.45, 2.75) is 72.1 Å². The first-order valence-corrected chi connectivity index (χ1v) is 7.40. The first kappa shape index (κ1) is 16.3. The fraction of sp³-hybridized carbons (Fsp3) is 0.933. The van der Waals surface area contributed by atoms with Crippen molar-refractivity contribution < 1.29 is 9.53 Å². The molecule has 4 nitrogen and oxygen atoms in total. The van der Waals surface area contributed by atoms with Gasteiger partial charge in [-0.2, -0.15) is 0 Å². The minimum atomic E-state index is -0.442. The molecule has 0 bridgehead atoms. The second-order valence-corrected chi connectivity index (χ2v) is 7.18. The average molecular weight is 270 g/mol. The van der Waals surface area contributed by atoms with Crippen molar-refractivity contribution in [1.82, 2.24) is 10.6 Å². The van der Waals surface area contributed by atoms with Crippen LogP contribution in [0.25, 0.3) is 0 Å². The van der Waals surface area contributed by atoms with Gasteiger partial charge in [0.25, 0.3) is 0 Å². The van der Waals surface area contributed by atoms with Gasteiger partial charge in [-0.1, -0.05) is 20.8 Å². The third kappa shape index (κ3) is 6.28. The average Bonchev–Trinajstić information content (AvgIpc) is 2.17. The van der Waals surface area contributed by atoms with Crippen LogP contribution < -0.4 is 10.6 Å². The molecule has 0 radical (unpaired) electrons. The molecule has 1 aliphatic carbocycles. The van der Waals surface area contributed by atoms with Crippen molar-refractivity contribution in [3.63, 3.8) is 0 Å². The summed E-state index contributed by atoms with van der Waals surface area (Å²) in [5.41, 5.74) is -0.442. The van der Waals surface area contributed by atoms with Crippen LogP contribution >= 0.6 is 0 Å². The zero-order chi connectivity index (χ0) is 14.6. The Kier molecular flexibility index (Phi) is 5.65. The Labute approximate surface area is 117 Å². The Morgan fingerprint density at radius 1 is 1.32 bits per heavy atom. The zero-order valence-electron chi connectivity index (χ0n) is 13.2. The van der Waals surface area contributed by atoms with Crippen molar-refractivity contribution in [3.8, 4) is 0 Å². The molecule has 1 atom stereocenters. The van der Waals surface area contributed by atoms with E-state index in [9.17, 15) is 4.79 Å². The van der Waals surface area contributed by atoms with Gasteiger partial charge in [-0.05, 0) is 45.4 Å². The number of ether oxygens (including phenoxy) is 1. The summed E-state index contributed by atoms with van der Waals surface area (Å²) >= 11 is 0. The Balaban J connectivity index is 2.33. The molecule has 0 aromatic heterocycles. The van der Waals surface area contributed by atoms with Gasteiger partial charge in [-0.3, -0.25) is 0 Å². The molecule has 0 aliphatic heterocycles. The van der Waals surface area contributed by atoms with Crippen LogP contribution in [-0.2, 0) is 4.74 Å². The lowest BCUT2D eigenvalue weighted by molar-refractivity contribution is 0.0486. The van der Waals surface area contributed by atoms with E-state index in [0.29, 0.717) is 12.0 Å². The smallest absolute Gasteiger partial charge is 0.407 e. The summed E-state index contributed by atoms with van der Waals surface area (Å²) in [6.45, 7) is 13.0. The largest absolute Gasteiger partial charge is 0.444 e. The molecule has 0 saturated heterocycles. The molecule has 1 aliphatic rings. The number of rotatable bonds is 5. The maximum absolute atomic E-state index is 11.8. The lowest BCUT2D eigenvalue weighted by atomic mass is 9.82. The van der Waals surface area contributed by atoms with Crippen molar-refractivity contribution in [2.24, 2.45) is 11.8 Å². The number of nitrogens with one attached hydrogen (secondary N) is 2. The summed E-state index contributed by atoms with van der Waals surface area (Å²) < 4.78 is 5.30. The Bertz CT molecular complexity index is 291. The molecular weight excluding hydrogens is 240 g/mol. The summed E-state index contributed by atoms with van der Waals surface area (Å²) in [5, 5.41) is 6.49. The highest BCUT2D eigenvalue weighted by molar-refractivity contribution is 5.68. The van der Waals surface area contributed by atoms with Gasteiger partial charge in [0.2, 0.25) is 0 Å². The van der Waals surface area contributed by atoms with E-state index >= 15 is 0 Å². The third-order valence-corrected chi connectivity index (χ3v) is 3.51. The fourth-order valence-corrected chi connectivity index (χ4v) is 2.27. The number of hydrogen-bond acceptors (Lipinski definition) is 3. The predicted molar refractivity (Wildman–Crippen MR) is 78.2 cm³/mol. The lowest BCUT2D eigenvalue weighted by Crippen LogP contribution is -2.51. The van der Waals surface area contributed by atoms with E-state index < -0.39 is 5.60 Å². The second-order valence-electron chi connectivity index (χ2n) is 7.18. The molecule has 0 heterocycles. The highest BCUT2D eigenvalue weighted by Crippen LogP contribution is 2.26. The normalized spacial score (nSPS) is 24.8. The standard InChI is InChI=1S/C15H30N2O2/c1-10(2)13(9-16-12-7-11(3)8-12)17-14(18)19-15(4,5)6/h10-13,16H,7-9H2,1-6H3,(H,17,18). The van der Waals surface area contributed by atoms with Gasteiger partial charge in [0.1, 0.15) is 5.60 Å². The Morgan fingerprint density at radius 2 is 1.89 bits per heavy atom. The summed E-state index contributed by atoms with van der Waals surface area (Å²) in [6, 6.07) is 0.738. The van der Waals surface area contributed by atoms with E-state index in [1.165, 1.54) is 12.8 Å². The van der Waals surface area contributed by atoms with Crippen molar-refractivity contribution in [2.75, 3.05) is 6.54 Å². The van der Waals surface area contributed by atoms with Crippen LogP contribution in [0, 0.1) is 11.8 Å². The molecule has 19 heavy (non-hydrogen) atoms. The summed E-state index contributed by atoms with van der Waals surface area (Å²) in [5.74, 6) is 1.23. The van der Waals surface area contributed by atoms with Crippen LogP contribution in [0.3, 0.4) is 0 Å². The van der Waals surface area contributed by atoms with Gasteiger partial charge in [0, 0.05) is 18.6 Å². The maximum atomic E-state index is 11.8. The van der Waals surface area contributed by atoms with Gasteiger partial charge in [-0.15, -0.1) is 0 Å². The first-order chi connectivity index (χ1) is 8.67. The minimum Gasteiger partial charge on any atom is -0.444 e. The van der Waals surface area contributed by atoms with Crippen LogP contribution in [0.2, 0.25) is 0 Å². The van der Waals surface area contributed by atoms with E-state index in [4.69, 9.17) is 4.74 Å². The van der Waals surface area contributed by atoms with Crippen LogP contribution in [-0.4, -0.2) is 30.3 Å². The molecule has 1 amide bonds. The Morgan fingerprint density at radius 3 is 2.32 bits per heavy atom. The Hall–Kier alpha value is -0.770. The molecular formula is C15H30N2O2. The third-order valence-electron chi connectivity index (χ3n) is 3.51. The summed E-state index contributed by atoms with van der Waals surface area (Å²) in [6.07, 6.45) is 2.17. The van der Waals surface area contributed by atoms with Gasteiger partial charge in [0.05, 0.1) is 0 Å². The molecule has 1 fully saturated rings. The highest BCUT2D eigenvalue weighted by Gasteiger charge is 2.27. The number of carbonyl (C=O) groups excluding carboxylic acids is 1. The van der Waals surface area contributed by atoms with Crippen molar-refractivity contribution in [3.05, 3.63) is 0 Å². The fourth-order valence-electron chi connectivity index (χ4n) is 2.27. The van der Waals surface area contributed by atoms with Crippen molar-refractivity contribution in [1.29, 1.82) is 0 Å². The van der Waals surface area contributed by atoms with E-state index in [-0.39, 0.29) is 12.1 Å². The molecule has 0 aromatic carbocycles. The number of hydrogen-bond donors (Lipinski definition) is 2. The summed E-state index contributed by atoms with van der Waals surface area (Å²) in [4.78, 5) is 11.8. The van der Waals surface area contributed by atoms with Gasteiger partial charge < -0.3 is 15.4 Å². The minimum absolute atomic E-state index is 0.116. The topological polar surface area (TPSA) is 50.4 Å². The zero-order valence-corrected chi connectivity index (χ0v) is 13.2. The molecule has 1 rings (SSSR count). The van der Waals surface area contributed by atoms with Crippen LogP contribution in [0.5, 0.6) is 0 Å². The molecule has 112 valence electrons. The molecule has 0 aromatic rings. The quantitative estimate of drug-likeness (QED) is 0.807. The summed E-state index contributed by atoms with van der Waals surface area (Å²) in [7, 11) is 0. The number of carbonyl (C=O) groups is 1. The van der Waals surface area contributed by atoms with E-state index in [0.717, 1.165) is 12.5 Å². The molecule has 1 unspecified atom stereocenters. The number of alkyl carbamates (subject to hydrolysis) is 1. The number of amides is 1. The van der Waals surface area contributed by atoms with E-state index in [1.54, 1.807) is 0 Å². The van der Waals surface area contributed by atoms with Gasteiger partial charge >= 0.3 is 6.09 Å². The van der Waals surface area contributed by atoms with Crippen molar-refractivity contribution >= 4 is 6.09 Å². The van der Waals surface area contributed by atoms with E-state index in [2.05, 4.69) is 31.4 Å². The van der Waals surface area contributed by atoms with Crippen LogP contribution in [0.15, 0.2) is 0 Å². The van der Waals surface area contributed by atoms with Crippen LogP contribution in [0.1, 0.15) is 54.4 Å².